The highest BCUT2D eigenvalue weighted by atomic mass is 32.1. The van der Waals surface area contributed by atoms with E-state index in [0.29, 0.717) is 36.2 Å². The first-order valence-electron chi connectivity index (χ1n) is 8.88. The highest BCUT2D eigenvalue weighted by molar-refractivity contribution is 7.13. The molecule has 9 heteroatoms. The van der Waals surface area contributed by atoms with Crippen LogP contribution < -0.4 is 16.0 Å². The van der Waals surface area contributed by atoms with Crippen molar-refractivity contribution < 1.29 is 14.3 Å². The molecule has 0 aliphatic heterocycles. The molecule has 3 N–H and O–H groups in total. The Morgan fingerprint density at radius 1 is 1.27 bits per heavy atom. The first kappa shape index (κ1) is 21.9. The number of hydrogen-bond donors (Lipinski definition) is 3. The summed E-state index contributed by atoms with van der Waals surface area (Å²) in [7, 11) is 0. The maximum Gasteiger partial charge on any atom is 0.350 e. The molecular formula is C17H29N5O3S. The van der Waals surface area contributed by atoms with E-state index < -0.39 is 0 Å². The van der Waals surface area contributed by atoms with Crippen molar-refractivity contribution >= 4 is 29.2 Å². The molecule has 0 saturated carbocycles. The third kappa shape index (κ3) is 6.99. The molecule has 0 aliphatic carbocycles. The number of guanidine groups is 1. The van der Waals surface area contributed by atoms with Gasteiger partial charge in [0.05, 0.1) is 18.3 Å². The molecule has 1 aromatic rings. The third-order valence-electron chi connectivity index (χ3n) is 3.29. The molecule has 0 spiro atoms. The molecule has 1 heterocycles. The average Bonchev–Trinajstić information content (AvgIpc) is 3.00. The van der Waals surface area contributed by atoms with Crippen LogP contribution in [0.2, 0.25) is 0 Å². The van der Waals surface area contributed by atoms with Gasteiger partial charge < -0.3 is 20.7 Å². The number of aliphatic imine (C=N–C) groups is 1. The summed E-state index contributed by atoms with van der Waals surface area (Å²) >= 11 is 1.30. The molecule has 26 heavy (non-hydrogen) atoms. The van der Waals surface area contributed by atoms with Gasteiger partial charge in [0, 0.05) is 13.1 Å². The van der Waals surface area contributed by atoms with Gasteiger partial charge in [-0.05, 0) is 34.1 Å². The van der Waals surface area contributed by atoms with Crippen LogP contribution in [-0.2, 0) is 9.53 Å². The van der Waals surface area contributed by atoms with Crippen molar-refractivity contribution in [1.82, 2.24) is 20.9 Å². The van der Waals surface area contributed by atoms with Crippen LogP contribution in [0.5, 0.6) is 0 Å². The molecule has 146 valence electrons. The van der Waals surface area contributed by atoms with Crippen molar-refractivity contribution in [3.8, 4) is 0 Å². The minimum absolute atomic E-state index is 0.0486. The van der Waals surface area contributed by atoms with Crippen LogP contribution in [0.4, 0.5) is 0 Å². The third-order valence-corrected chi connectivity index (χ3v) is 4.61. The number of amides is 1. The van der Waals surface area contributed by atoms with Gasteiger partial charge >= 0.3 is 5.97 Å². The van der Waals surface area contributed by atoms with Gasteiger partial charge in [0.15, 0.2) is 5.96 Å². The van der Waals surface area contributed by atoms with Gasteiger partial charge in [-0.25, -0.2) is 14.8 Å². The molecule has 0 aliphatic rings. The Kier molecular flexibility index (Phi) is 9.64. The molecule has 1 atom stereocenters. The SMILES string of the molecule is CCCNC(=O)CN=C(NCC)NC(C)c1nc(C)c(C(=O)OCC)s1. The molecule has 1 rings (SSSR count). The van der Waals surface area contributed by atoms with Crippen LogP contribution in [0.3, 0.4) is 0 Å². The first-order chi connectivity index (χ1) is 12.4. The van der Waals surface area contributed by atoms with E-state index in [1.807, 2.05) is 20.8 Å². The predicted octanol–water partition coefficient (Wildman–Crippen LogP) is 1.77. The number of carbonyl (C=O) groups excluding carboxylic acids is 2. The monoisotopic (exact) mass is 383 g/mol. The van der Waals surface area contributed by atoms with E-state index in [2.05, 4.69) is 25.9 Å². The normalized spacial score (nSPS) is 12.4. The van der Waals surface area contributed by atoms with Gasteiger partial charge in [0.25, 0.3) is 0 Å². The first-order valence-corrected chi connectivity index (χ1v) is 9.70. The van der Waals surface area contributed by atoms with E-state index in [1.54, 1.807) is 13.8 Å². The summed E-state index contributed by atoms with van der Waals surface area (Å²) in [6.45, 7) is 11.1. The summed E-state index contributed by atoms with van der Waals surface area (Å²) in [5, 5.41) is 9.86. The van der Waals surface area contributed by atoms with Crippen LogP contribution in [0.25, 0.3) is 0 Å². The van der Waals surface area contributed by atoms with Crippen molar-refractivity contribution in [2.75, 3.05) is 26.2 Å². The van der Waals surface area contributed by atoms with Crippen molar-refractivity contribution in [2.45, 2.75) is 47.1 Å². The minimum Gasteiger partial charge on any atom is -0.462 e. The number of ether oxygens (including phenoxy) is 1. The lowest BCUT2D eigenvalue weighted by Gasteiger charge is -2.16. The van der Waals surface area contributed by atoms with Gasteiger partial charge in [0.2, 0.25) is 5.91 Å². The molecule has 0 saturated heterocycles. The summed E-state index contributed by atoms with van der Waals surface area (Å²) in [4.78, 5) is 32.9. The summed E-state index contributed by atoms with van der Waals surface area (Å²) in [6.07, 6.45) is 0.886. The fourth-order valence-electron chi connectivity index (χ4n) is 2.05. The fourth-order valence-corrected chi connectivity index (χ4v) is 3.01. The van der Waals surface area contributed by atoms with E-state index in [0.717, 1.165) is 11.4 Å². The number of rotatable bonds is 9. The zero-order chi connectivity index (χ0) is 19.5. The maximum absolute atomic E-state index is 11.9. The summed E-state index contributed by atoms with van der Waals surface area (Å²) in [5.41, 5.74) is 0.651. The van der Waals surface area contributed by atoms with E-state index in [4.69, 9.17) is 4.74 Å². The van der Waals surface area contributed by atoms with E-state index in [1.165, 1.54) is 11.3 Å². The van der Waals surface area contributed by atoms with Gasteiger partial charge in [-0.15, -0.1) is 11.3 Å². The average molecular weight is 384 g/mol. The van der Waals surface area contributed by atoms with E-state index in [9.17, 15) is 9.59 Å². The van der Waals surface area contributed by atoms with E-state index in [-0.39, 0.29) is 24.5 Å². The molecule has 1 unspecified atom stereocenters. The Balaban J connectivity index is 2.77. The Morgan fingerprint density at radius 2 is 2.00 bits per heavy atom. The molecule has 8 nitrogen and oxygen atoms in total. The maximum atomic E-state index is 11.9. The lowest BCUT2D eigenvalue weighted by molar-refractivity contribution is -0.119. The van der Waals surface area contributed by atoms with Crippen LogP contribution in [0.15, 0.2) is 4.99 Å². The number of esters is 1. The molecule has 0 aromatic carbocycles. The summed E-state index contributed by atoms with van der Waals surface area (Å²) in [5.74, 6) is 0.0534. The largest absolute Gasteiger partial charge is 0.462 e. The Morgan fingerprint density at radius 3 is 2.62 bits per heavy atom. The van der Waals surface area contributed by atoms with Crippen molar-refractivity contribution in [2.24, 2.45) is 4.99 Å². The number of aryl methyl sites for hydroxylation is 1. The zero-order valence-corrected chi connectivity index (χ0v) is 17.0. The molecule has 0 fully saturated rings. The lowest BCUT2D eigenvalue weighted by Crippen LogP contribution is -2.39. The number of nitrogens with one attached hydrogen (secondary N) is 3. The van der Waals surface area contributed by atoms with Crippen LogP contribution in [0.1, 0.15) is 60.5 Å². The number of carbonyl (C=O) groups is 2. The van der Waals surface area contributed by atoms with Gasteiger partial charge in [-0.1, -0.05) is 6.92 Å². The second-order valence-electron chi connectivity index (χ2n) is 5.60. The van der Waals surface area contributed by atoms with Crippen molar-refractivity contribution in [3.63, 3.8) is 0 Å². The summed E-state index contributed by atoms with van der Waals surface area (Å²) < 4.78 is 5.05. The Bertz CT molecular complexity index is 630. The van der Waals surface area contributed by atoms with Gasteiger partial charge in [-0.3, -0.25) is 4.79 Å². The number of nitrogens with zero attached hydrogens (tertiary/aromatic N) is 2. The number of thiazole rings is 1. The highest BCUT2D eigenvalue weighted by Gasteiger charge is 2.20. The highest BCUT2D eigenvalue weighted by Crippen LogP contribution is 2.24. The Labute approximate surface area is 158 Å². The predicted molar refractivity (Wildman–Crippen MR) is 104 cm³/mol. The molecule has 0 bridgehead atoms. The molecular weight excluding hydrogens is 354 g/mol. The van der Waals surface area contributed by atoms with Crippen LogP contribution in [-0.4, -0.2) is 49.1 Å². The standard InChI is InChI=1S/C17H29N5O3S/c1-6-9-19-13(23)10-20-17(18-7-2)22-12(5)15-21-11(4)14(26-15)16(24)25-8-3/h12H,6-10H2,1-5H3,(H,19,23)(H2,18,20,22). The van der Waals surface area contributed by atoms with Gasteiger partial charge in [-0.2, -0.15) is 0 Å². The van der Waals surface area contributed by atoms with Crippen LogP contribution in [0, 0.1) is 6.92 Å². The molecule has 1 aromatic heterocycles. The van der Waals surface area contributed by atoms with Crippen LogP contribution >= 0.6 is 11.3 Å². The van der Waals surface area contributed by atoms with Gasteiger partial charge in [0.1, 0.15) is 16.4 Å². The summed E-state index contributed by atoms with van der Waals surface area (Å²) in [6, 6.07) is -0.168. The second kappa shape index (κ2) is 11.5. The van der Waals surface area contributed by atoms with Crippen molar-refractivity contribution in [3.05, 3.63) is 15.6 Å². The lowest BCUT2D eigenvalue weighted by atomic mass is 10.3. The minimum atomic E-state index is -0.353. The topological polar surface area (TPSA) is 105 Å². The molecule has 1 amide bonds. The molecule has 0 radical (unpaired) electrons. The Hall–Kier alpha value is -2.16. The quantitative estimate of drug-likeness (QED) is 0.341. The smallest absolute Gasteiger partial charge is 0.350 e. The number of aromatic nitrogens is 1. The zero-order valence-electron chi connectivity index (χ0n) is 16.1. The second-order valence-corrected chi connectivity index (χ2v) is 6.63. The van der Waals surface area contributed by atoms with E-state index >= 15 is 0 Å². The number of hydrogen-bond acceptors (Lipinski definition) is 6. The fraction of sp³-hybridized carbons (Fsp3) is 0.647. The van der Waals surface area contributed by atoms with Crippen molar-refractivity contribution in [1.29, 1.82) is 0 Å².